The van der Waals surface area contributed by atoms with Crippen molar-refractivity contribution in [1.29, 1.82) is 0 Å². The summed E-state index contributed by atoms with van der Waals surface area (Å²) in [7, 11) is 0. The lowest BCUT2D eigenvalue weighted by molar-refractivity contribution is -0.132. The number of imidazole rings is 1. The molecule has 94 valence electrons. The second-order valence-electron chi connectivity index (χ2n) is 3.82. The van der Waals surface area contributed by atoms with Crippen LogP contribution in [0.2, 0.25) is 0 Å². The number of nitrogens with zero attached hydrogens (tertiary/aromatic N) is 1. The maximum absolute atomic E-state index is 10.6. The number of nitrogens with one attached hydrogen (secondary N) is 1. The molecule has 2 rings (SSSR count). The van der Waals surface area contributed by atoms with Crippen molar-refractivity contribution in [2.75, 3.05) is 11.5 Å². The van der Waals surface area contributed by atoms with Crippen LogP contribution in [0.5, 0.6) is 0 Å². The first-order valence-corrected chi connectivity index (χ1v) is 6.33. The van der Waals surface area contributed by atoms with Gasteiger partial charge in [-0.05, 0) is 25.1 Å². The van der Waals surface area contributed by atoms with Gasteiger partial charge < -0.3 is 15.8 Å². The minimum absolute atomic E-state index is 0.336. The molecule has 1 aromatic carbocycles. The molecule has 1 aromatic heterocycles. The molecule has 0 atom stereocenters. The Hall–Kier alpha value is -1.95. The predicted molar refractivity (Wildman–Crippen MR) is 72.6 cm³/mol. The molecule has 0 unspecified atom stereocenters. The summed E-state index contributed by atoms with van der Waals surface area (Å²) in [5.41, 5.74) is 8.44. The molecule has 2 aromatic rings. The van der Waals surface area contributed by atoms with Gasteiger partial charge in [0.15, 0.2) is 5.16 Å². The van der Waals surface area contributed by atoms with Crippen molar-refractivity contribution in [2.24, 2.45) is 0 Å². The number of aromatic nitrogens is 2. The van der Waals surface area contributed by atoms with Crippen LogP contribution in [-0.2, 0) is 4.79 Å². The number of carboxylic acid groups (broad SMARTS) is 1. The number of aliphatic carboxylic acids is 1. The fraction of sp³-hybridized carbons (Fsp3) is 0.167. The van der Waals surface area contributed by atoms with E-state index in [1.165, 1.54) is 11.8 Å². The van der Waals surface area contributed by atoms with E-state index in [0.717, 1.165) is 16.2 Å². The number of H-pyrrole nitrogens is 1. The minimum Gasteiger partial charge on any atom is -0.478 e. The Balaban J connectivity index is 2.09. The first-order chi connectivity index (χ1) is 8.56. The molecular weight excluding hydrogens is 250 g/mol. The van der Waals surface area contributed by atoms with Crippen LogP contribution in [0.1, 0.15) is 6.92 Å². The molecule has 0 aliphatic heterocycles. The molecule has 0 aliphatic carbocycles. The van der Waals surface area contributed by atoms with Crippen LogP contribution < -0.4 is 5.73 Å². The number of benzene rings is 1. The highest BCUT2D eigenvalue weighted by Crippen LogP contribution is 2.21. The summed E-state index contributed by atoms with van der Waals surface area (Å²) >= 11 is 1.45. The first kappa shape index (κ1) is 12.5. The van der Waals surface area contributed by atoms with E-state index < -0.39 is 5.97 Å². The third kappa shape index (κ3) is 2.84. The van der Waals surface area contributed by atoms with Gasteiger partial charge in [-0.1, -0.05) is 17.8 Å². The molecule has 0 saturated carbocycles. The van der Waals surface area contributed by atoms with Crippen LogP contribution >= 0.6 is 11.8 Å². The minimum atomic E-state index is -0.895. The maximum atomic E-state index is 10.6. The van der Waals surface area contributed by atoms with Gasteiger partial charge in [0.25, 0.3) is 0 Å². The molecule has 0 fully saturated rings. The molecule has 5 nitrogen and oxygen atoms in total. The molecule has 0 aliphatic rings. The average molecular weight is 263 g/mol. The summed E-state index contributed by atoms with van der Waals surface area (Å²) in [6.07, 6.45) is 1.66. The van der Waals surface area contributed by atoms with Crippen molar-refractivity contribution >= 4 is 34.5 Å². The molecule has 4 N–H and O–H groups in total. The summed E-state index contributed by atoms with van der Waals surface area (Å²) in [5.74, 6) is -0.332. The topological polar surface area (TPSA) is 92.0 Å². The van der Waals surface area contributed by atoms with Gasteiger partial charge in [-0.15, -0.1) is 0 Å². The first-order valence-electron chi connectivity index (χ1n) is 5.34. The van der Waals surface area contributed by atoms with Gasteiger partial charge in [-0.3, -0.25) is 0 Å². The van der Waals surface area contributed by atoms with E-state index in [1.807, 2.05) is 12.1 Å². The summed E-state index contributed by atoms with van der Waals surface area (Å²) in [6.45, 7) is 1.57. The lowest BCUT2D eigenvalue weighted by Crippen LogP contribution is -1.96. The van der Waals surface area contributed by atoms with Crippen LogP contribution in [0.3, 0.4) is 0 Å². The van der Waals surface area contributed by atoms with Crippen LogP contribution in [-0.4, -0.2) is 26.8 Å². The monoisotopic (exact) mass is 263 g/mol. The number of hydrogen-bond donors (Lipinski definition) is 3. The van der Waals surface area contributed by atoms with Crippen molar-refractivity contribution in [2.45, 2.75) is 12.1 Å². The number of nitrogens with two attached hydrogens (primary N) is 1. The Bertz CT molecular complexity index is 619. The second kappa shape index (κ2) is 5.14. The summed E-state index contributed by atoms with van der Waals surface area (Å²) in [4.78, 5) is 18.1. The number of fused-ring (bicyclic) bond motifs is 1. The summed E-state index contributed by atoms with van der Waals surface area (Å²) in [6, 6.07) is 5.47. The van der Waals surface area contributed by atoms with E-state index in [0.29, 0.717) is 17.0 Å². The van der Waals surface area contributed by atoms with Crippen molar-refractivity contribution < 1.29 is 9.90 Å². The highest BCUT2D eigenvalue weighted by molar-refractivity contribution is 7.99. The van der Waals surface area contributed by atoms with E-state index in [4.69, 9.17) is 10.8 Å². The van der Waals surface area contributed by atoms with Gasteiger partial charge in [-0.2, -0.15) is 0 Å². The number of aromatic amines is 1. The van der Waals surface area contributed by atoms with E-state index >= 15 is 0 Å². The standard InChI is InChI=1S/C12H13N3O2S/c1-7(11(16)17)4-5-18-12-14-9-3-2-8(13)6-10(9)15-12/h2-4,6H,5,13H2,1H3,(H,14,15)(H,16,17)/b7-4-. The molecule has 0 radical (unpaired) electrons. The van der Waals surface area contributed by atoms with E-state index in [2.05, 4.69) is 9.97 Å². The largest absolute Gasteiger partial charge is 0.478 e. The molecule has 0 amide bonds. The molecule has 18 heavy (non-hydrogen) atoms. The van der Waals surface area contributed by atoms with Crippen LogP contribution in [0, 0.1) is 0 Å². The number of hydrogen-bond acceptors (Lipinski definition) is 4. The highest BCUT2D eigenvalue weighted by Gasteiger charge is 2.04. The number of anilines is 1. The normalized spacial score (nSPS) is 11.9. The van der Waals surface area contributed by atoms with Crippen LogP contribution in [0.25, 0.3) is 11.0 Å². The van der Waals surface area contributed by atoms with E-state index in [-0.39, 0.29) is 0 Å². The van der Waals surface area contributed by atoms with Gasteiger partial charge in [0.2, 0.25) is 0 Å². The molecule has 6 heteroatoms. The van der Waals surface area contributed by atoms with Crippen LogP contribution in [0.15, 0.2) is 35.0 Å². The molecule has 0 saturated heterocycles. The number of nitrogen functional groups attached to an aromatic ring is 1. The fourth-order valence-electron chi connectivity index (χ4n) is 1.41. The Kier molecular flexibility index (Phi) is 3.57. The Morgan fingerprint density at radius 1 is 1.61 bits per heavy atom. The highest BCUT2D eigenvalue weighted by atomic mass is 32.2. The SMILES string of the molecule is C/C(=C/CSc1nc2ccc(N)cc2[nH]1)C(=O)O. The Morgan fingerprint density at radius 2 is 2.39 bits per heavy atom. The van der Waals surface area contributed by atoms with Crippen molar-refractivity contribution in [3.8, 4) is 0 Å². The predicted octanol–water partition coefficient (Wildman–Crippen LogP) is 2.27. The van der Waals surface area contributed by atoms with Crippen LogP contribution in [0.4, 0.5) is 5.69 Å². The maximum Gasteiger partial charge on any atom is 0.330 e. The number of rotatable bonds is 4. The fourth-order valence-corrected chi connectivity index (χ4v) is 2.24. The zero-order chi connectivity index (χ0) is 13.1. The van der Waals surface area contributed by atoms with Gasteiger partial charge in [0.05, 0.1) is 11.0 Å². The Labute approximate surface area is 108 Å². The van der Waals surface area contributed by atoms with E-state index in [9.17, 15) is 4.79 Å². The second-order valence-corrected chi connectivity index (χ2v) is 4.83. The number of carboxylic acids is 1. The van der Waals surface area contributed by atoms with Gasteiger partial charge >= 0.3 is 5.97 Å². The van der Waals surface area contributed by atoms with Gasteiger partial charge in [-0.25, -0.2) is 9.78 Å². The van der Waals surface area contributed by atoms with E-state index in [1.54, 1.807) is 19.1 Å². The molecule has 1 heterocycles. The summed E-state index contributed by atoms with van der Waals surface area (Å²) in [5, 5.41) is 9.46. The van der Waals surface area contributed by atoms with Crippen molar-refractivity contribution in [3.05, 3.63) is 29.8 Å². The Morgan fingerprint density at radius 3 is 3.11 bits per heavy atom. The third-order valence-corrected chi connectivity index (χ3v) is 3.23. The zero-order valence-electron chi connectivity index (χ0n) is 9.80. The average Bonchev–Trinajstić information content (AvgIpc) is 2.70. The van der Waals surface area contributed by atoms with Crippen molar-refractivity contribution in [1.82, 2.24) is 9.97 Å². The lowest BCUT2D eigenvalue weighted by atomic mass is 10.3. The van der Waals surface area contributed by atoms with Crippen molar-refractivity contribution in [3.63, 3.8) is 0 Å². The quantitative estimate of drug-likeness (QED) is 0.447. The number of carbonyl (C=O) groups is 1. The molecule has 0 bridgehead atoms. The zero-order valence-corrected chi connectivity index (χ0v) is 10.6. The van der Waals surface area contributed by atoms with Gasteiger partial charge in [0.1, 0.15) is 0 Å². The van der Waals surface area contributed by atoms with Gasteiger partial charge in [0, 0.05) is 17.0 Å². The lowest BCUT2D eigenvalue weighted by Gasteiger charge is -1.93. The molecule has 0 spiro atoms. The third-order valence-electron chi connectivity index (χ3n) is 2.43. The molecular formula is C12H13N3O2S. The summed E-state index contributed by atoms with van der Waals surface area (Å²) < 4.78 is 0. The smallest absolute Gasteiger partial charge is 0.330 e. The number of thioether (sulfide) groups is 1.